The van der Waals surface area contributed by atoms with Crippen molar-refractivity contribution in [2.75, 3.05) is 0 Å². The molecule has 0 atom stereocenters. The average molecular weight is 441 g/mol. The number of carbonyl (C=O) groups is 1. The van der Waals surface area contributed by atoms with Crippen LogP contribution in [0.5, 0.6) is 0 Å². The number of nitrogens with zero attached hydrogens (tertiary/aromatic N) is 3. The van der Waals surface area contributed by atoms with Gasteiger partial charge in [-0.15, -0.1) is 11.3 Å². The molecule has 0 aliphatic heterocycles. The first-order chi connectivity index (χ1) is 15.5. The summed E-state index contributed by atoms with van der Waals surface area (Å²) in [5, 5.41) is 23.2. The Kier molecular flexibility index (Phi) is 6.25. The molecular weight excluding hydrogens is 416 g/mol. The van der Waals surface area contributed by atoms with Crippen LogP contribution in [0, 0.1) is 36.5 Å². The number of nitriles is 2. The molecule has 4 rings (SSSR count). The van der Waals surface area contributed by atoms with E-state index in [-0.39, 0.29) is 5.57 Å². The quantitative estimate of drug-likeness (QED) is 0.441. The van der Waals surface area contributed by atoms with Crippen LogP contribution in [0.2, 0.25) is 0 Å². The third kappa shape index (κ3) is 4.10. The Balaban J connectivity index is 1.65. The summed E-state index contributed by atoms with van der Waals surface area (Å²) in [7, 11) is 0. The van der Waals surface area contributed by atoms with Crippen molar-refractivity contribution < 1.29 is 4.79 Å². The van der Waals surface area contributed by atoms with Gasteiger partial charge in [-0.2, -0.15) is 10.5 Å². The van der Waals surface area contributed by atoms with Crippen molar-refractivity contribution >= 4 is 23.3 Å². The summed E-state index contributed by atoms with van der Waals surface area (Å²) in [6.07, 6.45) is 5.92. The maximum atomic E-state index is 12.6. The molecule has 1 aliphatic rings. The molecule has 3 aromatic rings. The molecule has 1 N–H and O–H groups in total. The molecule has 1 aliphatic carbocycles. The minimum Gasteiger partial charge on any atom is -0.347 e. The molecular formula is C26H24N4OS. The zero-order valence-corrected chi connectivity index (χ0v) is 19.1. The highest BCUT2D eigenvalue weighted by Gasteiger charge is 2.24. The van der Waals surface area contributed by atoms with Gasteiger partial charge in [-0.25, -0.2) is 0 Å². The molecule has 1 amide bonds. The fraction of sp³-hybridized carbons (Fsp3) is 0.269. The second-order valence-corrected chi connectivity index (χ2v) is 9.09. The number of amides is 1. The van der Waals surface area contributed by atoms with Crippen LogP contribution in [-0.2, 0) is 24.2 Å². The Labute approximate surface area is 192 Å². The van der Waals surface area contributed by atoms with Crippen LogP contribution in [0.4, 0.5) is 0 Å². The van der Waals surface area contributed by atoms with E-state index in [0.717, 1.165) is 52.3 Å². The van der Waals surface area contributed by atoms with E-state index in [2.05, 4.69) is 16.0 Å². The van der Waals surface area contributed by atoms with E-state index in [4.69, 9.17) is 0 Å². The van der Waals surface area contributed by atoms with Crippen LogP contribution in [-0.4, -0.2) is 10.5 Å². The molecule has 1 aromatic carbocycles. The van der Waals surface area contributed by atoms with Crippen molar-refractivity contribution in [3.8, 4) is 17.1 Å². The fourth-order valence-corrected chi connectivity index (χ4v) is 5.70. The molecule has 0 radical (unpaired) electrons. The summed E-state index contributed by atoms with van der Waals surface area (Å²) in [5.41, 5.74) is 5.70. The highest BCUT2D eigenvalue weighted by Crippen LogP contribution is 2.38. The number of aromatic nitrogens is 1. The number of aryl methyl sites for hydroxylation is 2. The predicted molar refractivity (Wildman–Crippen MR) is 126 cm³/mol. The Bertz CT molecular complexity index is 1280. The zero-order chi connectivity index (χ0) is 22.7. The number of nitrogens with one attached hydrogen (secondary N) is 1. The first-order valence-corrected chi connectivity index (χ1v) is 11.5. The summed E-state index contributed by atoms with van der Waals surface area (Å²) in [6, 6.07) is 16.0. The molecule has 32 heavy (non-hydrogen) atoms. The predicted octanol–water partition coefficient (Wildman–Crippen LogP) is 5.13. The second kappa shape index (κ2) is 9.26. The lowest BCUT2D eigenvalue weighted by atomic mass is 9.96. The molecule has 2 aromatic heterocycles. The lowest BCUT2D eigenvalue weighted by Gasteiger charge is -2.10. The van der Waals surface area contributed by atoms with Crippen molar-refractivity contribution in [2.45, 2.75) is 46.1 Å². The summed E-state index contributed by atoms with van der Waals surface area (Å²) in [4.78, 5) is 13.9. The van der Waals surface area contributed by atoms with E-state index in [0.29, 0.717) is 6.54 Å². The molecule has 2 heterocycles. The normalized spacial score (nSPS) is 13.2. The topological polar surface area (TPSA) is 81.6 Å². The molecule has 0 unspecified atom stereocenters. The highest BCUT2D eigenvalue weighted by molar-refractivity contribution is 7.15. The van der Waals surface area contributed by atoms with Crippen molar-refractivity contribution in [3.05, 3.63) is 80.5 Å². The van der Waals surface area contributed by atoms with Gasteiger partial charge < -0.3 is 9.88 Å². The van der Waals surface area contributed by atoms with E-state index in [1.54, 1.807) is 17.4 Å². The lowest BCUT2D eigenvalue weighted by molar-refractivity contribution is -0.117. The highest BCUT2D eigenvalue weighted by atomic mass is 32.1. The first-order valence-electron chi connectivity index (χ1n) is 10.7. The number of hydrogen-bond acceptors (Lipinski definition) is 4. The number of benzene rings is 1. The maximum absolute atomic E-state index is 12.6. The van der Waals surface area contributed by atoms with Crippen LogP contribution < -0.4 is 5.32 Å². The van der Waals surface area contributed by atoms with Gasteiger partial charge in [-0.3, -0.25) is 4.79 Å². The van der Waals surface area contributed by atoms with E-state index in [1.807, 2.05) is 56.3 Å². The summed E-state index contributed by atoms with van der Waals surface area (Å²) < 4.78 is 2.09. The van der Waals surface area contributed by atoms with E-state index >= 15 is 0 Å². The van der Waals surface area contributed by atoms with Gasteiger partial charge in [0.25, 0.3) is 5.91 Å². The van der Waals surface area contributed by atoms with Gasteiger partial charge in [0, 0.05) is 22.8 Å². The van der Waals surface area contributed by atoms with Gasteiger partial charge >= 0.3 is 0 Å². The van der Waals surface area contributed by atoms with Crippen LogP contribution in [0.3, 0.4) is 0 Å². The molecule has 5 nitrogen and oxygen atoms in total. The second-order valence-electron chi connectivity index (χ2n) is 8.00. The fourth-order valence-electron chi connectivity index (χ4n) is 4.25. The van der Waals surface area contributed by atoms with Crippen molar-refractivity contribution in [2.24, 2.45) is 0 Å². The minimum atomic E-state index is -0.398. The van der Waals surface area contributed by atoms with Gasteiger partial charge in [0.2, 0.25) is 0 Å². The molecule has 0 saturated carbocycles. The van der Waals surface area contributed by atoms with Crippen LogP contribution >= 0.6 is 11.3 Å². The van der Waals surface area contributed by atoms with E-state index in [1.165, 1.54) is 16.9 Å². The summed E-state index contributed by atoms with van der Waals surface area (Å²) >= 11 is 1.69. The monoisotopic (exact) mass is 440 g/mol. The largest absolute Gasteiger partial charge is 0.347 e. The molecule has 0 spiro atoms. The first kappa shape index (κ1) is 21.6. The van der Waals surface area contributed by atoms with Crippen molar-refractivity contribution in [1.82, 2.24) is 9.88 Å². The number of carbonyl (C=O) groups excluding carboxylic acids is 1. The summed E-state index contributed by atoms with van der Waals surface area (Å²) in [5.74, 6) is -0.398. The van der Waals surface area contributed by atoms with Crippen LogP contribution in [0.1, 0.15) is 51.4 Å². The van der Waals surface area contributed by atoms with Gasteiger partial charge in [0.05, 0.1) is 5.56 Å². The third-order valence-electron chi connectivity index (χ3n) is 5.90. The molecule has 0 saturated heterocycles. The minimum absolute atomic E-state index is 0.0622. The van der Waals surface area contributed by atoms with Gasteiger partial charge in [-0.05, 0) is 68.4 Å². The molecule has 6 heteroatoms. The molecule has 0 fully saturated rings. The average Bonchev–Trinajstić information content (AvgIpc) is 3.31. The number of thiophene rings is 1. The summed E-state index contributed by atoms with van der Waals surface area (Å²) in [6.45, 7) is 4.32. The SMILES string of the molecule is Cc1cc(/C=C(\C#N)C(=O)NCc2ccccc2)c(C)n1-c1sc2c(c1C#N)CCCC2. The molecule has 0 bridgehead atoms. The van der Waals surface area contributed by atoms with Crippen molar-refractivity contribution in [1.29, 1.82) is 10.5 Å². The Morgan fingerprint density at radius 1 is 1.19 bits per heavy atom. The Hall–Kier alpha value is -3.61. The number of fused-ring (bicyclic) bond motifs is 1. The van der Waals surface area contributed by atoms with Gasteiger partial charge in [0.15, 0.2) is 0 Å². The smallest absolute Gasteiger partial charge is 0.262 e. The van der Waals surface area contributed by atoms with Crippen LogP contribution in [0.25, 0.3) is 11.1 Å². The standard InChI is InChI=1S/C26H24N4OS/c1-17-12-20(13-21(14-27)25(31)29-16-19-8-4-3-5-9-19)18(2)30(17)26-23(15-28)22-10-6-7-11-24(22)32-26/h3-5,8-9,12-13H,6-7,10-11,16H2,1-2H3,(H,29,31)/b21-13+. The van der Waals surface area contributed by atoms with E-state index < -0.39 is 5.91 Å². The number of rotatable bonds is 5. The zero-order valence-electron chi connectivity index (χ0n) is 18.2. The maximum Gasteiger partial charge on any atom is 0.262 e. The van der Waals surface area contributed by atoms with Crippen LogP contribution in [0.15, 0.2) is 42.0 Å². The lowest BCUT2D eigenvalue weighted by Crippen LogP contribution is -2.23. The molecule has 160 valence electrons. The van der Waals surface area contributed by atoms with Gasteiger partial charge in [0.1, 0.15) is 22.7 Å². The van der Waals surface area contributed by atoms with Gasteiger partial charge in [-0.1, -0.05) is 30.3 Å². The third-order valence-corrected chi connectivity index (χ3v) is 7.18. The van der Waals surface area contributed by atoms with E-state index in [9.17, 15) is 15.3 Å². The Morgan fingerprint density at radius 2 is 1.94 bits per heavy atom. The number of hydrogen-bond donors (Lipinski definition) is 1. The van der Waals surface area contributed by atoms with Crippen molar-refractivity contribution in [3.63, 3.8) is 0 Å². The Morgan fingerprint density at radius 3 is 2.66 bits per heavy atom.